The Balaban J connectivity index is 3.05. The molecule has 0 spiro atoms. The lowest BCUT2D eigenvalue weighted by molar-refractivity contribution is -0.139. The van der Waals surface area contributed by atoms with Crippen LogP contribution in [0.5, 0.6) is 5.75 Å². The van der Waals surface area contributed by atoms with Crippen molar-refractivity contribution in [3.05, 3.63) is 28.8 Å². The lowest BCUT2D eigenvalue weighted by Crippen LogP contribution is -2.12. The van der Waals surface area contributed by atoms with Crippen molar-refractivity contribution in [2.75, 3.05) is 13.2 Å². The highest BCUT2D eigenvalue weighted by atomic mass is 19.4. The van der Waals surface area contributed by atoms with E-state index in [-0.39, 0.29) is 17.9 Å². The van der Waals surface area contributed by atoms with Crippen LogP contribution in [0.15, 0.2) is 12.1 Å². The van der Waals surface area contributed by atoms with Crippen LogP contribution in [0.3, 0.4) is 0 Å². The van der Waals surface area contributed by atoms with Gasteiger partial charge in [0.1, 0.15) is 11.3 Å². The maximum atomic E-state index is 13.1. The van der Waals surface area contributed by atoms with Crippen molar-refractivity contribution in [3.8, 4) is 5.75 Å². The van der Waals surface area contributed by atoms with Crippen molar-refractivity contribution in [1.82, 2.24) is 0 Å². The largest absolute Gasteiger partial charge is 0.493 e. The number of ether oxygens (including phenoxy) is 1. The summed E-state index contributed by atoms with van der Waals surface area (Å²) in [6, 6.07) is 3.11. The molecular weight excluding hydrogens is 267 g/mol. The van der Waals surface area contributed by atoms with Crippen LogP contribution in [0.4, 0.5) is 13.2 Å². The number of rotatable bonds is 7. The van der Waals surface area contributed by atoms with E-state index in [1.54, 1.807) is 6.07 Å². The van der Waals surface area contributed by atoms with Gasteiger partial charge in [-0.3, -0.25) is 0 Å². The molecule has 0 bridgehead atoms. The molecular formula is C15H22F3NO. The Morgan fingerprint density at radius 1 is 1.20 bits per heavy atom. The standard InChI is InChI=1S/C15H22F3NO/c1-3-8-20-13-10-12(6-4-5-7-19)9-11(2)14(13)15(16,17)18/h9-10H,3-8,19H2,1-2H3. The summed E-state index contributed by atoms with van der Waals surface area (Å²) in [7, 11) is 0. The monoisotopic (exact) mass is 289 g/mol. The van der Waals surface area contributed by atoms with Gasteiger partial charge >= 0.3 is 6.18 Å². The summed E-state index contributed by atoms with van der Waals surface area (Å²) in [5.41, 5.74) is 5.85. The molecule has 2 N–H and O–H groups in total. The zero-order valence-corrected chi connectivity index (χ0v) is 12.0. The average Bonchev–Trinajstić information content (AvgIpc) is 2.34. The van der Waals surface area contributed by atoms with E-state index in [1.165, 1.54) is 13.0 Å². The quantitative estimate of drug-likeness (QED) is 0.767. The van der Waals surface area contributed by atoms with E-state index in [9.17, 15) is 13.2 Å². The topological polar surface area (TPSA) is 35.2 Å². The molecule has 0 aliphatic carbocycles. The Labute approximate surface area is 118 Å². The van der Waals surface area contributed by atoms with E-state index in [0.29, 0.717) is 13.0 Å². The maximum Gasteiger partial charge on any atom is 0.420 e. The lowest BCUT2D eigenvalue weighted by atomic mass is 10.00. The fourth-order valence-corrected chi connectivity index (χ4v) is 2.13. The second-order valence-electron chi connectivity index (χ2n) is 4.88. The number of aryl methyl sites for hydroxylation is 2. The van der Waals surface area contributed by atoms with E-state index in [1.807, 2.05) is 6.92 Å². The van der Waals surface area contributed by atoms with Crippen LogP contribution < -0.4 is 10.5 Å². The van der Waals surface area contributed by atoms with Crippen LogP contribution in [0.2, 0.25) is 0 Å². The van der Waals surface area contributed by atoms with E-state index in [0.717, 1.165) is 24.8 Å². The molecule has 0 saturated heterocycles. The molecule has 114 valence electrons. The molecule has 1 rings (SSSR count). The minimum absolute atomic E-state index is 0.0536. The van der Waals surface area contributed by atoms with Crippen molar-refractivity contribution >= 4 is 0 Å². The SMILES string of the molecule is CCCOc1cc(CCCCN)cc(C)c1C(F)(F)F. The highest BCUT2D eigenvalue weighted by Gasteiger charge is 2.36. The predicted molar refractivity (Wildman–Crippen MR) is 74.0 cm³/mol. The van der Waals surface area contributed by atoms with Crippen LogP contribution in [0.1, 0.15) is 42.9 Å². The van der Waals surface area contributed by atoms with Gasteiger partial charge in [0, 0.05) is 0 Å². The normalized spacial score (nSPS) is 11.7. The third kappa shape index (κ3) is 4.71. The molecule has 2 nitrogen and oxygen atoms in total. The van der Waals surface area contributed by atoms with Crippen LogP contribution >= 0.6 is 0 Å². The van der Waals surface area contributed by atoms with Gasteiger partial charge in [-0.2, -0.15) is 13.2 Å². The predicted octanol–water partition coefficient (Wildman–Crippen LogP) is 4.08. The molecule has 1 aromatic rings. The van der Waals surface area contributed by atoms with Gasteiger partial charge in [0.05, 0.1) is 6.61 Å². The summed E-state index contributed by atoms with van der Waals surface area (Å²) in [5, 5.41) is 0. The Kier molecular flexibility index (Phi) is 6.33. The summed E-state index contributed by atoms with van der Waals surface area (Å²) in [4.78, 5) is 0. The fourth-order valence-electron chi connectivity index (χ4n) is 2.13. The van der Waals surface area contributed by atoms with Crippen molar-refractivity contribution in [2.45, 2.75) is 45.7 Å². The number of unbranched alkanes of at least 4 members (excludes halogenated alkanes) is 1. The molecule has 0 fully saturated rings. The third-order valence-electron chi connectivity index (χ3n) is 3.02. The van der Waals surface area contributed by atoms with Crippen LogP contribution in [-0.2, 0) is 12.6 Å². The Morgan fingerprint density at radius 3 is 2.45 bits per heavy atom. The zero-order valence-electron chi connectivity index (χ0n) is 12.0. The molecule has 0 heterocycles. The highest BCUT2D eigenvalue weighted by molar-refractivity contribution is 5.45. The first-order valence-electron chi connectivity index (χ1n) is 6.93. The van der Waals surface area contributed by atoms with E-state index >= 15 is 0 Å². The summed E-state index contributed by atoms with van der Waals surface area (Å²) >= 11 is 0. The second kappa shape index (κ2) is 7.53. The molecule has 1 aromatic carbocycles. The molecule has 0 aliphatic heterocycles. The molecule has 0 saturated carbocycles. The molecule has 20 heavy (non-hydrogen) atoms. The third-order valence-corrected chi connectivity index (χ3v) is 3.02. The number of alkyl halides is 3. The minimum atomic E-state index is -4.39. The van der Waals surface area contributed by atoms with Gasteiger partial charge in [-0.25, -0.2) is 0 Å². The molecule has 0 amide bonds. The number of hydrogen-bond donors (Lipinski definition) is 1. The Morgan fingerprint density at radius 2 is 1.90 bits per heavy atom. The number of nitrogens with two attached hydrogens (primary N) is 1. The van der Waals surface area contributed by atoms with Crippen LogP contribution in [0, 0.1) is 6.92 Å². The van der Waals surface area contributed by atoms with Crippen LogP contribution in [-0.4, -0.2) is 13.2 Å². The van der Waals surface area contributed by atoms with Gasteiger partial charge in [0.15, 0.2) is 0 Å². The molecule has 0 unspecified atom stereocenters. The highest BCUT2D eigenvalue weighted by Crippen LogP contribution is 2.39. The lowest BCUT2D eigenvalue weighted by Gasteiger charge is -2.18. The van der Waals surface area contributed by atoms with Crippen molar-refractivity contribution in [3.63, 3.8) is 0 Å². The van der Waals surface area contributed by atoms with Crippen molar-refractivity contribution < 1.29 is 17.9 Å². The minimum Gasteiger partial charge on any atom is -0.493 e. The molecule has 0 atom stereocenters. The van der Waals surface area contributed by atoms with Crippen molar-refractivity contribution in [2.24, 2.45) is 5.73 Å². The van der Waals surface area contributed by atoms with Gasteiger partial charge in [0.2, 0.25) is 0 Å². The van der Waals surface area contributed by atoms with E-state index in [4.69, 9.17) is 10.5 Å². The van der Waals surface area contributed by atoms with Gasteiger partial charge in [0.25, 0.3) is 0 Å². The van der Waals surface area contributed by atoms with Gasteiger partial charge in [-0.05, 0) is 56.3 Å². The summed E-state index contributed by atoms with van der Waals surface area (Å²) in [5.74, 6) is -0.0536. The van der Waals surface area contributed by atoms with Crippen molar-refractivity contribution in [1.29, 1.82) is 0 Å². The first-order valence-corrected chi connectivity index (χ1v) is 6.93. The van der Waals surface area contributed by atoms with Gasteiger partial charge in [-0.15, -0.1) is 0 Å². The smallest absolute Gasteiger partial charge is 0.420 e. The number of hydrogen-bond acceptors (Lipinski definition) is 2. The van der Waals surface area contributed by atoms with Gasteiger partial charge in [-0.1, -0.05) is 13.0 Å². The first kappa shape index (κ1) is 16.8. The molecule has 0 radical (unpaired) electrons. The Bertz CT molecular complexity index is 430. The molecule has 0 aromatic heterocycles. The summed E-state index contributed by atoms with van der Waals surface area (Å²) < 4.78 is 44.5. The Hall–Kier alpha value is -1.23. The molecule has 0 aliphatic rings. The van der Waals surface area contributed by atoms with E-state index in [2.05, 4.69) is 0 Å². The summed E-state index contributed by atoms with van der Waals surface area (Å²) in [6.45, 7) is 4.23. The van der Waals surface area contributed by atoms with Crippen LogP contribution in [0.25, 0.3) is 0 Å². The van der Waals surface area contributed by atoms with Gasteiger partial charge < -0.3 is 10.5 Å². The summed E-state index contributed by atoms with van der Waals surface area (Å²) in [6.07, 6.45) is -1.25. The fraction of sp³-hybridized carbons (Fsp3) is 0.600. The zero-order chi connectivity index (χ0) is 15.2. The second-order valence-corrected chi connectivity index (χ2v) is 4.88. The average molecular weight is 289 g/mol. The number of benzene rings is 1. The van der Waals surface area contributed by atoms with E-state index < -0.39 is 11.7 Å². The maximum absolute atomic E-state index is 13.1. The number of halogens is 3. The first-order chi connectivity index (χ1) is 9.40. The molecule has 5 heteroatoms.